The highest BCUT2D eigenvalue weighted by molar-refractivity contribution is 7.99. The minimum Gasteiger partial charge on any atom is -0.378 e. The lowest BCUT2D eigenvalue weighted by Crippen LogP contribution is -2.36. The molecule has 10 heteroatoms. The second-order valence-corrected chi connectivity index (χ2v) is 9.60. The summed E-state index contributed by atoms with van der Waals surface area (Å²) in [4.78, 5) is 17.2. The van der Waals surface area contributed by atoms with Gasteiger partial charge in [0.1, 0.15) is 0 Å². The summed E-state index contributed by atoms with van der Waals surface area (Å²) < 4.78 is 7.37. The number of hydrogen-bond donors (Lipinski definition) is 1. The second kappa shape index (κ2) is 10.7. The van der Waals surface area contributed by atoms with Crippen LogP contribution < -0.4 is 15.1 Å². The highest BCUT2D eigenvalue weighted by Crippen LogP contribution is 2.32. The van der Waals surface area contributed by atoms with Gasteiger partial charge in [0, 0.05) is 37.6 Å². The lowest BCUT2D eigenvalue weighted by atomic mass is 10.2. The van der Waals surface area contributed by atoms with Crippen LogP contribution in [0.2, 0.25) is 5.02 Å². The van der Waals surface area contributed by atoms with Gasteiger partial charge in [0.2, 0.25) is 11.9 Å². The molecule has 1 aromatic heterocycles. The average molecular weight is 499 g/mol. The van der Waals surface area contributed by atoms with E-state index in [-0.39, 0.29) is 11.7 Å². The Morgan fingerprint density at radius 3 is 2.44 bits per heavy atom. The van der Waals surface area contributed by atoms with Crippen molar-refractivity contribution in [3.8, 4) is 5.69 Å². The number of thioether (sulfide) groups is 1. The molecule has 3 heterocycles. The SMILES string of the molecule is O=C(CSc1nnc(N2CCCC2)n1-c1ccccc1Cl)Nc1ccc(N2CCOCC2)cc1. The van der Waals surface area contributed by atoms with Crippen molar-refractivity contribution in [2.45, 2.75) is 18.0 Å². The van der Waals surface area contributed by atoms with Gasteiger partial charge in [-0.2, -0.15) is 0 Å². The third kappa shape index (κ3) is 5.16. The van der Waals surface area contributed by atoms with E-state index in [0.29, 0.717) is 10.2 Å². The zero-order valence-electron chi connectivity index (χ0n) is 18.8. The minimum atomic E-state index is -0.0967. The van der Waals surface area contributed by atoms with Gasteiger partial charge >= 0.3 is 0 Å². The lowest BCUT2D eigenvalue weighted by Gasteiger charge is -2.28. The van der Waals surface area contributed by atoms with Crippen molar-refractivity contribution in [2.75, 3.05) is 60.3 Å². The summed E-state index contributed by atoms with van der Waals surface area (Å²) in [6.45, 7) is 5.13. The largest absolute Gasteiger partial charge is 0.378 e. The van der Waals surface area contributed by atoms with Gasteiger partial charge in [-0.15, -0.1) is 10.2 Å². The zero-order chi connectivity index (χ0) is 23.3. The number of carbonyl (C=O) groups is 1. The number of morpholine rings is 1. The first-order valence-electron chi connectivity index (χ1n) is 11.5. The first-order valence-corrected chi connectivity index (χ1v) is 12.9. The molecule has 0 spiro atoms. The maximum atomic E-state index is 12.7. The number of para-hydroxylation sites is 1. The summed E-state index contributed by atoms with van der Waals surface area (Å²) in [6, 6.07) is 15.6. The lowest BCUT2D eigenvalue weighted by molar-refractivity contribution is -0.113. The van der Waals surface area contributed by atoms with Crippen LogP contribution in [0.3, 0.4) is 0 Å². The molecule has 0 aliphatic carbocycles. The third-order valence-electron chi connectivity index (χ3n) is 5.96. The molecule has 34 heavy (non-hydrogen) atoms. The topological polar surface area (TPSA) is 75.5 Å². The molecule has 2 fully saturated rings. The van der Waals surface area contributed by atoms with Gasteiger partial charge in [0.15, 0.2) is 5.16 Å². The fraction of sp³-hybridized carbons (Fsp3) is 0.375. The van der Waals surface area contributed by atoms with E-state index in [4.69, 9.17) is 16.3 Å². The Morgan fingerprint density at radius 1 is 0.971 bits per heavy atom. The molecule has 1 amide bonds. The molecule has 8 nitrogen and oxygen atoms in total. The number of carbonyl (C=O) groups excluding carboxylic acids is 1. The molecule has 3 aromatic rings. The normalized spacial score (nSPS) is 16.1. The maximum absolute atomic E-state index is 12.7. The number of hydrogen-bond acceptors (Lipinski definition) is 7. The first-order chi connectivity index (χ1) is 16.7. The number of ether oxygens (including phenoxy) is 1. The molecule has 1 N–H and O–H groups in total. The fourth-order valence-corrected chi connectivity index (χ4v) is 5.19. The number of benzene rings is 2. The summed E-state index contributed by atoms with van der Waals surface area (Å²) in [5.74, 6) is 0.890. The number of nitrogens with one attached hydrogen (secondary N) is 1. The molecule has 2 aromatic carbocycles. The van der Waals surface area contributed by atoms with E-state index in [1.54, 1.807) is 0 Å². The first kappa shape index (κ1) is 23.0. The molecule has 5 rings (SSSR count). The van der Waals surface area contributed by atoms with Crippen LogP contribution in [0.25, 0.3) is 5.69 Å². The molecule has 0 bridgehead atoms. The van der Waals surface area contributed by atoms with Gasteiger partial charge in [0.25, 0.3) is 0 Å². The van der Waals surface area contributed by atoms with Crippen molar-refractivity contribution in [1.82, 2.24) is 14.8 Å². The predicted octanol–water partition coefficient (Wildman–Crippen LogP) is 4.09. The van der Waals surface area contributed by atoms with Gasteiger partial charge in [-0.3, -0.25) is 9.36 Å². The summed E-state index contributed by atoms with van der Waals surface area (Å²) >= 11 is 7.86. The van der Waals surface area contributed by atoms with Crippen molar-refractivity contribution in [3.63, 3.8) is 0 Å². The van der Waals surface area contributed by atoms with Crippen molar-refractivity contribution in [1.29, 1.82) is 0 Å². The van der Waals surface area contributed by atoms with Gasteiger partial charge < -0.3 is 19.9 Å². The van der Waals surface area contributed by atoms with Crippen molar-refractivity contribution in [3.05, 3.63) is 53.6 Å². The molecule has 0 saturated carbocycles. The molecule has 178 valence electrons. The molecule has 2 aliphatic rings. The molecule has 2 aliphatic heterocycles. The van der Waals surface area contributed by atoms with Crippen molar-refractivity contribution >= 4 is 46.6 Å². The number of nitrogens with zero attached hydrogens (tertiary/aromatic N) is 5. The standard InChI is InChI=1S/C24H27ClN6O2S/c25-20-5-1-2-6-21(20)31-23(30-11-3-4-12-30)27-28-24(31)34-17-22(32)26-18-7-9-19(10-8-18)29-13-15-33-16-14-29/h1-2,5-10H,3-4,11-17H2,(H,26,32). The van der Waals surface area contributed by atoms with Crippen LogP contribution in [0.5, 0.6) is 0 Å². The van der Waals surface area contributed by atoms with Crippen LogP contribution in [0.4, 0.5) is 17.3 Å². The second-order valence-electron chi connectivity index (χ2n) is 8.25. The van der Waals surface area contributed by atoms with Crippen molar-refractivity contribution in [2.24, 2.45) is 0 Å². The Morgan fingerprint density at radius 2 is 1.71 bits per heavy atom. The average Bonchev–Trinajstić information content (AvgIpc) is 3.54. The maximum Gasteiger partial charge on any atom is 0.234 e. The molecule has 0 radical (unpaired) electrons. The third-order valence-corrected chi connectivity index (χ3v) is 7.21. The molecular weight excluding hydrogens is 472 g/mol. The number of amides is 1. The van der Waals surface area contributed by atoms with E-state index in [1.807, 2.05) is 53.1 Å². The van der Waals surface area contributed by atoms with Crippen LogP contribution in [0, 0.1) is 0 Å². The Bertz CT molecular complexity index is 1130. The number of anilines is 3. The Kier molecular flexibility index (Phi) is 7.22. The van der Waals surface area contributed by atoms with E-state index >= 15 is 0 Å². The molecule has 0 atom stereocenters. The summed E-state index contributed by atoms with van der Waals surface area (Å²) in [5.41, 5.74) is 2.73. The highest BCUT2D eigenvalue weighted by Gasteiger charge is 2.24. The van der Waals surface area contributed by atoms with E-state index in [2.05, 4.69) is 25.3 Å². The summed E-state index contributed by atoms with van der Waals surface area (Å²) in [7, 11) is 0. The monoisotopic (exact) mass is 498 g/mol. The smallest absolute Gasteiger partial charge is 0.234 e. The minimum absolute atomic E-state index is 0.0967. The van der Waals surface area contributed by atoms with Gasteiger partial charge in [-0.1, -0.05) is 35.5 Å². The fourth-order valence-electron chi connectivity index (χ4n) is 4.23. The van der Waals surface area contributed by atoms with Gasteiger partial charge in [-0.05, 0) is 49.2 Å². The van der Waals surface area contributed by atoms with Crippen LogP contribution in [-0.4, -0.2) is 65.8 Å². The zero-order valence-corrected chi connectivity index (χ0v) is 20.4. The van der Waals surface area contributed by atoms with Crippen LogP contribution in [0.15, 0.2) is 53.7 Å². The number of rotatable bonds is 7. The van der Waals surface area contributed by atoms with Gasteiger partial charge in [-0.25, -0.2) is 0 Å². The Balaban J connectivity index is 1.26. The quantitative estimate of drug-likeness (QED) is 0.492. The Labute approximate surface area is 208 Å². The van der Waals surface area contributed by atoms with Crippen molar-refractivity contribution < 1.29 is 9.53 Å². The van der Waals surface area contributed by atoms with Gasteiger partial charge in [0.05, 0.1) is 29.7 Å². The highest BCUT2D eigenvalue weighted by atomic mass is 35.5. The van der Waals surface area contributed by atoms with E-state index in [9.17, 15) is 4.79 Å². The molecular formula is C24H27ClN6O2S. The van der Waals surface area contributed by atoms with E-state index in [1.165, 1.54) is 11.8 Å². The van der Waals surface area contributed by atoms with E-state index in [0.717, 1.165) is 75.2 Å². The van der Waals surface area contributed by atoms with E-state index < -0.39 is 0 Å². The van der Waals surface area contributed by atoms with Crippen LogP contribution in [-0.2, 0) is 9.53 Å². The number of halogens is 1. The Hall–Kier alpha value is -2.75. The summed E-state index contributed by atoms with van der Waals surface area (Å²) in [6.07, 6.45) is 2.26. The van der Waals surface area contributed by atoms with Crippen LogP contribution in [0.1, 0.15) is 12.8 Å². The molecule has 2 saturated heterocycles. The predicted molar refractivity (Wildman–Crippen MR) is 137 cm³/mol. The number of aromatic nitrogens is 3. The summed E-state index contributed by atoms with van der Waals surface area (Å²) in [5, 5.41) is 13.1. The van der Waals surface area contributed by atoms with Crippen LogP contribution >= 0.6 is 23.4 Å². The molecule has 0 unspecified atom stereocenters.